The van der Waals surface area contributed by atoms with Crippen molar-refractivity contribution in [3.8, 4) is 0 Å². The molecule has 0 aliphatic rings. The van der Waals surface area contributed by atoms with Gasteiger partial charge in [-0.25, -0.2) is 19.6 Å². The quantitative estimate of drug-likeness (QED) is 0.686. The van der Waals surface area contributed by atoms with Gasteiger partial charge in [-0.15, -0.1) is 0 Å². The zero-order valence-corrected chi connectivity index (χ0v) is 7.73. The van der Waals surface area contributed by atoms with Crippen molar-refractivity contribution in [2.75, 3.05) is 0 Å². The Morgan fingerprint density at radius 1 is 0.933 bits per heavy atom. The molecule has 0 aliphatic carbocycles. The topological polar surface area (TPSA) is 91.5 Å². The van der Waals surface area contributed by atoms with E-state index < -0.39 is 11.4 Å². The summed E-state index contributed by atoms with van der Waals surface area (Å²) in [7, 11) is 0. The van der Waals surface area contributed by atoms with Crippen LogP contribution in [0.2, 0.25) is 0 Å². The first-order valence-corrected chi connectivity index (χ1v) is 4.32. The molecule has 2 N–H and O–H groups in total. The third kappa shape index (κ3) is 2.37. The van der Waals surface area contributed by atoms with Crippen LogP contribution in [0, 0.1) is 0 Å². The Balaban J connectivity index is 2.29. The van der Waals surface area contributed by atoms with E-state index in [-0.39, 0.29) is 0 Å². The molecular formula is C9H8N4O2. The molecule has 6 nitrogen and oxygen atoms in total. The fraction of sp³-hybridized carbons (Fsp3) is 0.111. The van der Waals surface area contributed by atoms with E-state index in [1.54, 1.807) is 12.1 Å². The summed E-state index contributed by atoms with van der Waals surface area (Å²) in [6.07, 6.45) is 3.29. The van der Waals surface area contributed by atoms with Gasteiger partial charge >= 0.3 is 11.4 Å². The summed E-state index contributed by atoms with van der Waals surface area (Å²) in [5.41, 5.74) is 0.585. The summed E-state index contributed by atoms with van der Waals surface area (Å²) >= 11 is 0. The third-order valence-electron chi connectivity index (χ3n) is 1.85. The molecule has 76 valence electrons. The van der Waals surface area contributed by atoms with Gasteiger partial charge in [0.15, 0.2) is 0 Å². The lowest BCUT2D eigenvalue weighted by atomic mass is 10.2. The molecule has 15 heavy (non-hydrogen) atoms. The maximum Gasteiger partial charge on any atom is 0.345 e. The molecule has 0 unspecified atom stereocenters. The van der Waals surface area contributed by atoms with Crippen LogP contribution in [0.25, 0.3) is 0 Å². The number of nitrogens with zero attached hydrogens (tertiary/aromatic N) is 2. The Labute approximate surface area is 84.1 Å². The van der Waals surface area contributed by atoms with Gasteiger partial charge in [0.1, 0.15) is 0 Å². The molecule has 0 bridgehead atoms. The van der Waals surface area contributed by atoms with Gasteiger partial charge in [0.05, 0.1) is 0 Å². The van der Waals surface area contributed by atoms with E-state index in [1.807, 2.05) is 0 Å². The largest absolute Gasteiger partial charge is 0.345 e. The smallest absolute Gasteiger partial charge is 0.309 e. The molecule has 0 atom stereocenters. The summed E-state index contributed by atoms with van der Waals surface area (Å²) in [4.78, 5) is 33.9. The van der Waals surface area contributed by atoms with Gasteiger partial charge in [-0.1, -0.05) is 0 Å². The molecule has 2 aromatic heterocycles. The first-order chi connectivity index (χ1) is 7.24. The third-order valence-corrected chi connectivity index (χ3v) is 1.85. The molecule has 0 amide bonds. The number of H-pyrrole nitrogens is 2. The predicted octanol–water partition coefficient (Wildman–Crippen LogP) is -0.556. The molecular weight excluding hydrogens is 196 g/mol. The van der Waals surface area contributed by atoms with Gasteiger partial charge in [0, 0.05) is 30.2 Å². The normalized spacial score (nSPS) is 10.1. The minimum Gasteiger partial charge on any atom is -0.309 e. The van der Waals surface area contributed by atoms with Crippen molar-refractivity contribution in [1.29, 1.82) is 0 Å². The van der Waals surface area contributed by atoms with Gasteiger partial charge in [-0.3, -0.25) is 0 Å². The standard InChI is InChI=1S/C9H8N4O2/c14-8-10-3-1-6(12-8)5-7-2-4-11-9(15)13-7/h1-4H,5H2,(H,10,12,14)(H,11,13,15). The summed E-state index contributed by atoms with van der Waals surface area (Å²) < 4.78 is 0. The number of nitrogens with one attached hydrogen (secondary N) is 2. The molecule has 2 heterocycles. The fourth-order valence-corrected chi connectivity index (χ4v) is 1.22. The first kappa shape index (κ1) is 9.32. The van der Waals surface area contributed by atoms with Crippen molar-refractivity contribution in [2.45, 2.75) is 6.42 Å². The molecule has 2 aromatic rings. The van der Waals surface area contributed by atoms with E-state index in [0.717, 1.165) is 0 Å². The zero-order chi connectivity index (χ0) is 10.7. The average molecular weight is 204 g/mol. The number of aromatic nitrogens is 4. The maximum absolute atomic E-state index is 10.9. The second kappa shape index (κ2) is 3.87. The monoisotopic (exact) mass is 204 g/mol. The highest BCUT2D eigenvalue weighted by molar-refractivity contribution is 5.10. The molecule has 0 fully saturated rings. The van der Waals surface area contributed by atoms with Crippen LogP contribution < -0.4 is 11.4 Å². The summed E-state index contributed by atoms with van der Waals surface area (Å²) in [6, 6.07) is 3.36. The lowest BCUT2D eigenvalue weighted by Crippen LogP contribution is -2.14. The predicted molar refractivity (Wildman–Crippen MR) is 52.5 cm³/mol. The van der Waals surface area contributed by atoms with Crippen molar-refractivity contribution < 1.29 is 0 Å². The van der Waals surface area contributed by atoms with Crippen LogP contribution in [-0.2, 0) is 6.42 Å². The first-order valence-electron chi connectivity index (χ1n) is 4.32. The average Bonchev–Trinajstić information content (AvgIpc) is 2.17. The Morgan fingerprint density at radius 3 is 1.80 bits per heavy atom. The van der Waals surface area contributed by atoms with E-state index in [2.05, 4.69) is 19.9 Å². The molecule has 2 rings (SSSR count). The minimum atomic E-state index is -0.399. The van der Waals surface area contributed by atoms with Crippen molar-refractivity contribution in [1.82, 2.24) is 19.9 Å². The van der Waals surface area contributed by atoms with Gasteiger partial charge < -0.3 is 9.97 Å². The van der Waals surface area contributed by atoms with Gasteiger partial charge in [-0.2, -0.15) is 0 Å². The minimum absolute atomic E-state index is 0.399. The van der Waals surface area contributed by atoms with E-state index >= 15 is 0 Å². The Kier molecular flexibility index (Phi) is 2.40. The number of aromatic amines is 2. The van der Waals surface area contributed by atoms with Gasteiger partial charge in [-0.05, 0) is 12.1 Å². The summed E-state index contributed by atoms with van der Waals surface area (Å²) in [5, 5.41) is 0. The number of rotatable bonds is 2. The number of hydrogen-bond donors (Lipinski definition) is 2. The Morgan fingerprint density at radius 2 is 1.40 bits per heavy atom. The maximum atomic E-state index is 10.9. The van der Waals surface area contributed by atoms with Crippen LogP contribution in [0.3, 0.4) is 0 Å². The molecule has 0 aliphatic heterocycles. The highest BCUT2D eigenvalue weighted by Crippen LogP contribution is 1.98. The lowest BCUT2D eigenvalue weighted by molar-refractivity contribution is 0.922. The highest BCUT2D eigenvalue weighted by Gasteiger charge is 1.98. The van der Waals surface area contributed by atoms with Crippen LogP contribution >= 0.6 is 0 Å². The summed E-state index contributed by atoms with van der Waals surface area (Å²) in [5.74, 6) is 0. The number of hydrogen-bond acceptors (Lipinski definition) is 4. The van der Waals surface area contributed by atoms with Crippen molar-refractivity contribution in [2.24, 2.45) is 0 Å². The fourth-order valence-electron chi connectivity index (χ4n) is 1.22. The van der Waals surface area contributed by atoms with E-state index in [0.29, 0.717) is 17.8 Å². The second-order valence-electron chi connectivity index (χ2n) is 2.98. The van der Waals surface area contributed by atoms with Crippen molar-refractivity contribution in [3.05, 3.63) is 56.9 Å². The summed E-state index contributed by atoms with van der Waals surface area (Å²) in [6.45, 7) is 0. The van der Waals surface area contributed by atoms with E-state index in [1.165, 1.54) is 12.4 Å². The molecule has 0 saturated heterocycles. The van der Waals surface area contributed by atoms with Crippen molar-refractivity contribution in [3.63, 3.8) is 0 Å². The molecule has 0 spiro atoms. The Bertz CT molecular complexity index is 521. The van der Waals surface area contributed by atoms with Crippen LogP contribution in [0.15, 0.2) is 34.1 Å². The van der Waals surface area contributed by atoms with Crippen LogP contribution in [0.5, 0.6) is 0 Å². The second-order valence-corrected chi connectivity index (χ2v) is 2.98. The molecule has 0 saturated carbocycles. The van der Waals surface area contributed by atoms with Crippen molar-refractivity contribution >= 4 is 0 Å². The van der Waals surface area contributed by atoms with E-state index in [4.69, 9.17) is 0 Å². The molecule has 6 heteroatoms. The van der Waals surface area contributed by atoms with Crippen LogP contribution in [0.1, 0.15) is 11.4 Å². The zero-order valence-electron chi connectivity index (χ0n) is 7.73. The van der Waals surface area contributed by atoms with Crippen LogP contribution in [-0.4, -0.2) is 19.9 Å². The van der Waals surface area contributed by atoms with Crippen LogP contribution in [0.4, 0.5) is 0 Å². The SMILES string of the molecule is O=c1nccc(Cc2ccnc(=O)[nH]2)[nH]1. The lowest BCUT2D eigenvalue weighted by Gasteiger charge is -1.99. The van der Waals surface area contributed by atoms with Gasteiger partial charge in [0.2, 0.25) is 0 Å². The van der Waals surface area contributed by atoms with E-state index in [9.17, 15) is 9.59 Å². The van der Waals surface area contributed by atoms with Gasteiger partial charge in [0.25, 0.3) is 0 Å². The molecule has 0 radical (unpaired) electrons. The highest BCUT2D eigenvalue weighted by atomic mass is 16.1. The molecule has 0 aromatic carbocycles. The Hall–Kier alpha value is -2.24.